The molecule has 0 unspecified atom stereocenters. The van der Waals surface area contributed by atoms with Gasteiger partial charge in [0.05, 0.1) is 13.2 Å². The number of carbonyl (C=O) groups is 2. The van der Waals surface area contributed by atoms with Crippen molar-refractivity contribution in [3.63, 3.8) is 0 Å². The van der Waals surface area contributed by atoms with Gasteiger partial charge in [-0.3, -0.25) is 9.59 Å². The number of aliphatic carboxylic acids is 1. The number of amides is 1. The molecule has 17 heavy (non-hydrogen) atoms. The second-order valence-electron chi connectivity index (χ2n) is 5.48. The van der Waals surface area contributed by atoms with Crippen molar-refractivity contribution < 1.29 is 19.4 Å². The number of carboxylic acids is 1. The number of ether oxygens (including phenoxy) is 1. The lowest BCUT2D eigenvalue weighted by Gasteiger charge is -2.36. The maximum Gasteiger partial charge on any atom is 0.324 e. The highest BCUT2D eigenvalue weighted by Gasteiger charge is 2.53. The minimum atomic E-state index is -1.36. The minimum Gasteiger partial charge on any atom is -0.480 e. The fraction of sp³-hybridized carbons (Fsp3) is 0.833. The first-order valence-corrected chi connectivity index (χ1v) is 5.93. The third kappa shape index (κ3) is 2.97. The standard InChI is InChI=1S/C12H21NO4/c1-4-5-11(2,3)6-13-9(14)12(10(15)16)7-17-8-12/h4-8H2,1-3H3,(H,13,14)(H,15,16). The average molecular weight is 243 g/mol. The van der Waals surface area contributed by atoms with Crippen LogP contribution in [0.25, 0.3) is 0 Å². The van der Waals surface area contributed by atoms with E-state index in [4.69, 9.17) is 9.84 Å². The molecule has 98 valence electrons. The predicted octanol–water partition coefficient (Wildman–Crippen LogP) is 1.03. The van der Waals surface area contributed by atoms with Gasteiger partial charge >= 0.3 is 5.97 Å². The molecule has 0 aliphatic carbocycles. The van der Waals surface area contributed by atoms with Gasteiger partial charge in [0.15, 0.2) is 5.41 Å². The van der Waals surface area contributed by atoms with Crippen LogP contribution in [0.15, 0.2) is 0 Å². The summed E-state index contributed by atoms with van der Waals surface area (Å²) in [4.78, 5) is 22.9. The van der Waals surface area contributed by atoms with Crippen LogP contribution in [0.2, 0.25) is 0 Å². The molecular weight excluding hydrogens is 222 g/mol. The molecule has 0 atom stereocenters. The molecule has 0 aromatic carbocycles. The van der Waals surface area contributed by atoms with Gasteiger partial charge in [0.25, 0.3) is 0 Å². The Morgan fingerprint density at radius 1 is 1.41 bits per heavy atom. The molecule has 1 saturated heterocycles. The van der Waals surface area contributed by atoms with Crippen LogP contribution >= 0.6 is 0 Å². The van der Waals surface area contributed by atoms with Crippen LogP contribution in [-0.2, 0) is 14.3 Å². The van der Waals surface area contributed by atoms with E-state index in [-0.39, 0.29) is 18.6 Å². The Labute approximate surface area is 102 Å². The van der Waals surface area contributed by atoms with Gasteiger partial charge in [-0.15, -0.1) is 0 Å². The first-order chi connectivity index (χ1) is 7.84. The van der Waals surface area contributed by atoms with Crippen LogP contribution in [0.5, 0.6) is 0 Å². The summed E-state index contributed by atoms with van der Waals surface area (Å²) < 4.78 is 4.86. The number of rotatable bonds is 6. The lowest BCUT2D eigenvalue weighted by atomic mass is 9.83. The maximum absolute atomic E-state index is 11.9. The second-order valence-corrected chi connectivity index (χ2v) is 5.48. The molecule has 0 aromatic heterocycles. The van der Waals surface area contributed by atoms with Crippen molar-refractivity contribution >= 4 is 11.9 Å². The molecule has 1 heterocycles. The Balaban J connectivity index is 2.52. The molecule has 1 rings (SSSR count). The van der Waals surface area contributed by atoms with Crippen molar-refractivity contribution in [1.29, 1.82) is 0 Å². The lowest BCUT2D eigenvalue weighted by molar-refractivity contribution is -0.185. The quantitative estimate of drug-likeness (QED) is 0.683. The molecular formula is C12H21NO4. The number of carbonyl (C=O) groups excluding carboxylic acids is 1. The molecule has 0 bridgehead atoms. The summed E-state index contributed by atoms with van der Waals surface area (Å²) in [5, 5.41) is 11.8. The van der Waals surface area contributed by atoms with E-state index < -0.39 is 17.3 Å². The van der Waals surface area contributed by atoms with E-state index >= 15 is 0 Å². The monoisotopic (exact) mass is 243 g/mol. The highest BCUT2D eigenvalue weighted by atomic mass is 16.5. The summed E-state index contributed by atoms with van der Waals surface area (Å²) in [6, 6.07) is 0. The molecule has 0 spiro atoms. The van der Waals surface area contributed by atoms with Crippen molar-refractivity contribution in [1.82, 2.24) is 5.32 Å². The first kappa shape index (κ1) is 14.0. The van der Waals surface area contributed by atoms with Gasteiger partial charge in [-0.2, -0.15) is 0 Å². The van der Waals surface area contributed by atoms with E-state index in [2.05, 4.69) is 26.1 Å². The molecule has 0 saturated carbocycles. The lowest BCUT2D eigenvalue weighted by Crippen LogP contribution is -2.59. The van der Waals surface area contributed by atoms with Gasteiger partial charge in [0, 0.05) is 6.54 Å². The summed E-state index contributed by atoms with van der Waals surface area (Å²) in [6.45, 7) is 6.64. The zero-order valence-corrected chi connectivity index (χ0v) is 10.7. The molecule has 1 fully saturated rings. The molecule has 2 N–H and O–H groups in total. The summed E-state index contributed by atoms with van der Waals surface area (Å²) in [7, 11) is 0. The first-order valence-electron chi connectivity index (χ1n) is 5.93. The van der Waals surface area contributed by atoms with Crippen LogP contribution in [0, 0.1) is 10.8 Å². The molecule has 0 aromatic rings. The van der Waals surface area contributed by atoms with Gasteiger partial charge in [-0.1, -0.05) is 27.2 Å². The van der Waals surface area contributed by atoms with Crippen LogP contribution in [-0.4, -0.2) is 36.7 Å². The Morgan fingerprint density at radius 3 is 2.35 bits per heavy atom. The third-order valence-corrected chi connectivity index (χ3v) is 3.20. The summed E-state index contributed by atoms with van der Waals surface area (Å²) in [5.74, 6) is -1.53. The van der Waals surface area contributed by atoms with Gasteiger partial charge < -0.3 is 15.2 Å². The fourth-order valence-corrected chi connectivity index (χ4v) is 1.91. The van der Waals surface area contributed by atoms with Crippen molar-refractivity contribution in [2.45, 2.75) is 33.6 Å². The normalized spacial score (nSPS) is 18.3. The maximum atomic E-state index is 11.9. The molecule has 1 amide bonds. The molecule has 1 aliphatic heterocycles. The highest BCUT2D eigenvalue weighted by molar-refractivity contribution is 6.03. The zero-order chi connectivity index (χ0) is 13.1. The minimum absolute atomic E-state index is 0.00525. The van der Waals surface area contributed by atoms with Crippen molar-refractivity contribution in [3.8, 4) is 0 Å². The smallest absolute Gasteiger partial charge is 0.324 e. The van der Waals surface area contributed by atoms with E-state index in [9.17, 15) is 9.59 Å². The molecule has 5 heteroatoms. The van der Waals surface area contributed by atoms with Crippen LogP contribution in [0.4, 0.5) is 0 Å². The highest BCUT2D eigenvalue weighted by Crippen LogP contribution is 2.29. The van der Waals surface area contributed by atoms with Crippen molar-refractivity contribution in [2.75, 3.05) is 19.8 Å². The average Bonchev–Trinajstić information content (AvgIpc) is 2.12. The molecule has 0 radical (unpaired) electrons. The van der Waals surface area contributed by atoms with Crippen molar-refractivity contribution in [2.24, 2.45) is 10.8 Å². The van der Waals surface area contributed by atoms with Gasteiger partial charge in [0.1, 0.15) is 0 Å². The fourth-order valence-electron chi connectivity index (χ4n) is 1.91. The van der Waals surface area contributed by atoms with E-state index in [0.29, 0.717) is 6.54 Å². The number of nitrogens with one attached hydrogen (secondary N) is 1. The van der Waals surface area contributed by atoms with Crippen LogP contribution in [0.3, 0.4) is 0 Å². The van der Waals surface area contributed by atoms with Gasteiger partial charge in [-0.05, 0) is 11.8 Å². The van der Waals surface area contributed by atoms with E-state index in [0.717, 1.165) is 12.8 Å². The third-order valence-electron chi connectivity index (χ3n) is 3.20. The summed E-state index contributed by atoms with van der Waals surface area (Å²) in [5.41, 5.74) is -1.36. The van der Waals surface area contributed by atoms with Crippen LogP contribution in [0.1, 0.15) is 33.6 Å². The van der Waals surface area contributed by atoms with Gasteiger partial charge in [-0.25, -0.2) is 0 Å². The number of carboxylic acid groups (broad SMARTS) is 1. The van der Waals surface area contributed by atoms with E-state index in [1.165, 1.54) is 0 Å². The predicted molar refractivity (Wildman–Crippen MR) is 62.6 cm³/mol. The topological polar surface area (TPSA) is 75.6 Å². The van der Waals surface area contributed by atoms with Gasteiger partial charge in [0.2, 0.25) is 5.91 Å². The Hall–Kier alpha value is -1.10. The van der Waals surface area contributed by atoms with E-state index in [1.807, 2.05) is 0 Å². The second kappa shape index (κ2) is 5.04. The number of hydrogen-bond donors (Lipinski definition) is 2. The zero-order valence-electron chi connectivity index (χ0n) is 10.7. The van der Waals surface area contributed by atoms with Crippen molar-refractivity contribution in [3.05, 3.63) is 0 Å². The molecule has 1 aliphatic rings. The largest absolute Gasteiger partial charge is 0.480 e. The van der Waals surface area contributed by atoms with E-state index in [1.54, 1.807) is 0 Å². The SMILES string of the molecule is CCCC(C)(C)CNC(=O)C1(C(=O)O)COC1. The Kier molecular flexibility index (Phi) is 4.14. The summed E-state index contributed by atoms with van der Waals surface area (Å²) >= 11 is 0. The Bertz CT molecular complexity index is 308. The Morgan fingerprint density at radius 2 is 2.00 bits per heavy atom. The summed E-state index contributed by atoms with van der Waals surface area (Å²) in [6.07, 6.45) is 2.03. The number of hydrogen-bond acceptors (Lipinski definition) is 3. The molecule has 5 nitrogen and oxygen atoms in total. The van der Waals surface area contributed by atoms with Crippen LogP contribution < -0.4 is 5.32 Å².